The highest BCUT2D eigenvalue weighted by Crippen LogP contribution is 2.26. The van der Waals surface area contributed by atoms with E-state index in [4.69, 9.17) is 11.5 Å². The lowest BCUT2D eigenvalue weighted by Gasteiger charge is -2.28. The molecule has 0 saturated carbocycles. The fraction of sp³-hybridized carbons (Fsp3) is 0.400. The average molecular weight is 408 g/mol. The Balaban J connectivity index is 2.21. The number of aromatic hydroxyl groups is 1. The number of phenolic OH excluding ortho intramolecular Hbond substituents is 1. The highest BCUT2D eigenvalue weighted by atomic mass is 32.2. The zero-order chi connectivity index (χ0) is 20.9. The standard InChI is InChI=1S/C20H29N3O4S/c1-14(2)12-23(28(26,27)16-8-9-17(21)19(24)11-16)13-20(25)18(22)10-15-6-4-3-5-7-15/h3-9,11,14,18,20,24-25H,10,12-13,21-22H2,1-2H3/t18-,20+/m0/s1. The number of sulfonamides is 1. The van der Waals surface area contributed by atoms with E-state index in [0.717, 1.165) is 11.6 Å². The lowest BCUT2D eigenvalue weighted by Crippen LogP contribution is -2.47. The van der Waals surface area contributed by atoms with Crippen LogP contribution >= 0.6 is 0 Å². The quantitative estimate of drug-likeness (QED) is 0.369. The van der Waals surface area contributed by atoms with E-state index in [2.05, 4.69) is 0 Å². The Morgan fingerprint density at radius 3 is 2.29 bits per heavy atom. The summed E-state index contributed by atoms with van der Waals surface area (Å²) in [5.74, 6) is -0.262. The summed E-state index contributed by atoms with van der Waals surface area (Å²) in [6, 6.07) is 12.7. The van der Waals surface area contributed by atoms with Gasteiger partial charge in [0.1, 0.15) is 5.75 Å². The number of nitrogen functional groups attached to an aromatic ring is 1. The van der Waals surface area contributed by atoms with Crippen LogP contribution in [0.2, 0.25) is 0 Å². The first-order valence-electron chi connectivity index (χ1n) is 9.17. The maximum Gasteiger partial charge on any atom is 0.243 e. The van der Waals surface area contributed by atoms with Gasteiger partial charge in [-0.3, -0.25) is 0 Å². The third-order valence-electron chi connectivity index (χ3n) is 4.41. The zero-order valence-electron chi connectivity index (χ0n) is 16.2. The van der Waals surface area contributed by atoms with E-state index in [1.807, 2.05) is 44.2 Å². The van der Waals surface area contributed by atoms with Crippen LogP contribution < -0.4 is 11.5 Å². The minimum absolute atomic E-state index is 0.0368. The summed E-state index contributed by atoms with van der Waals surface area (Å²) < 4.78 is 27.3. The third-order valence-corrected chi connectivity index (χ3v) is 6.24. The van der Waals surface area contributed by atoms with Crippen molar-refractivity contribution in [2.24, 2.45) is 11.7 Å². The first-order valence-corrected chi connectivity index (χ1v) is 10.6. The number of aliphatic hydroxyl groups is 1. The Hall–Kier alpha value is -2.13. The van der Waals surface area contributed by atoms with Crippen LogP contribution in [0.3, 0.4) is 0 Å². The van der Waals surface area contributed by atoms with Crippen LogP contribution in [0.5, 0.6) is 5.75 Å². The molecule has 0 fully saturated rings. The second-order valence-corrected chi connectivity index (χ2v) is 9.30. The van der Waals surface area contributed by atoms with Crippen LogP contribution in [0.15, 0.2) is 53.4 Å². The highest BCUT2D eigenvalue weighted by Gasteiger charge is 2.29. The van der Waals surface area contributed by atoms with Gasteiger partial charge in [-0.1, -0.05) is 44.2 Å². The minimum Gasteiger partial charge on any atom is -0.506 e. The van der Waals surface area contributed by atoms with Gasteiger partial charge >= 0.3 is 0 Å². The SMILES string of the molecule is CC(C)CN(C[C@@H](O)[C@@H](N)Cc1ccccc1)S(=O)(=O)c1ccc(N)c(O)c1. The number of phenols is 1. The molecule has 0 aliphatic rings. The van der Waals surface area contributed by atoms with E-state index in [1.54, 1.807) is 0 Å². The van der Waals surface area contributed by atoms with Crippen LogP contribution in [0.4, 0.5) is 5.69 Å². The largest absolute Gasteiger partial charge is 0.506 e. The Bertz CT molecular complexity index is 872. The predicted molar refractivity (Wildman–Crippen MR) is 110 cm³/mol. The van der Waals surface area contributed by atoms with Crippen molar-refractivity contribution in [2.75, 3.05) is 18.8 Å². The van der Waals surface area contributed by atoms with E-state index in [9.17, 15) is 18.6 Å². The number of anilines is 1. The molecule has 0 saturated heterocycles. The maximum atomic E-state index is 13.1. The van der Waals surface area contributed by atoms with Crippen molar-refractivity contribution < 1.29 is 18.6 Å². The van der Waals surface area contributed by atoms with E-state index in [-0.39, 0.29) is 35.3 Å². The monoisotopic (exact) mass is 407 g/mol. The molecular weight excluding hydrogens is 378 g/mol. The summed E-state index contributed by atoms with van der Waals surface area (Å²) in [7, 11) is -3.93. The summed E-state index contributed by atoms with van der Waals surface area (Å²) >= 11 is 0. The van der Waals surface area contributed by atoms with Crippen molar-refractivity contribution in [3.63, 3.8) is 0 Å². The summed E-state index contributed by atoms with van der Waals surface area (Å²) in [6.45, 7) is 3.85. The number of nitrogens with zero attached hydrogens (tertiary/aromatic N) is 1. The van der Waals surface area contributed by atoms with Crippen molar-refractivity contribution >= 4 is 15.7 Å². The zero-order valence-corrected chi connectivity index (χ0v) is 17.0. The first kappa shape index (κ1) is 22.2. The first-order chi connectivity index (χ1) is 13.1. The normalized spacial score (nSPS) is 14.4. The molecule has 0 aromatic heterocycles. The lowest BCUT2D eigenvalue weighted by atomic mass is 10.0. The number of aliphatic hydroxyl groups excluding tert-OH is 1. The number of benzene rings is 2. The van der Waals surface area contributed by atoms with E-state index in [1.165, 1.54) is 16.4 Å². The van der Waals surface area contributed by atoms with Gasteiger partial charge in [0.2, 0.25) is 10.0 Å². The Kier molecular flexibility index (Phi) is 7.42. The molecule has 0 heterocycles. The molecule has 0 radical (unpaired) electrons. The number of hydrogen-bond donors (Lipinski definition) is 4. The molecule has 2 aromatic carbocycles. The Labute approximate surface area is 166 Å². The molecule has 28 heavy (non-hydrogen) atoms. The van der Waals surface area contributed by atoms with Gasteiger partial charge in [-0.15, -0.1) is 0 Å². The van der Waals surface area contributed by atoms with Crippen molar-refractivity contribution in [3.05, 3.63) is 54.1 Å². The average Bonchev–Trinajstić information content (AvgIpc) is 2.63. The van der Waals surface area contributed by atoms with Crippen LogP contribution in [0.1, 0.15) is 19.4 Å². The molecular formula is C20H29N3O4S. The van der Waals surface area contributed by atoms with Gasteiger partial charge in [0.15, 0.2) is 0 Å². The maximum absolute atomic E-state index is 13.1. The molecule has 0 bridgehead atoms. The number of nitrogens with two attached hydrogens (primary N) is 2. The van der Waals surface area contributed by atoms with E-state index >= 15 is 0 Å². The molecule has 0 amide bonds. The number of rotatable bonds is 9. The van der Waals surface area contributed by atoms with E-state index in [0.29, 0.717) is 6.42 Å². The molecule has 2 atom stereocenters. The smallest absolute Gasteiger partial charge is 0.243 e. The van der Waals surface area contributed by atoms with Gasteiger partial charge in [-0.2, -0.15) is 4.31 Å². The van der Waals surface area contributed by atoms with Gasteiger partial charge in [-0.05, 0) is 30.0 Å². The molecule has 2 rings (SSSR count). The van der Waals surface area contributed by atoms with Crippen LogP contribution in [0.25, 0.3) is 0 Å². The molecule has 0 spiro atoms. The predicted octanol–water partition coefficient (Wildman–Crippen LogP) is 1.55. The Morgan fingerprint density at radius 2 is 1.71 bits per heavy atom. The lowest BCUT2D eigenvalue weighted by molar-refractivity contribution is 0.116. The molecule has 6 N–H and O–H groups in total. The molecule has 8 heteroatoms. The Morgan fingerprint density at radius 1 is 1.07 bits per heavy atom. The third kappa shape index (κ3) is 5.68. The van der Waals surface area contributed by atoms with E-state index < -0.39 is 22.2 Å². The summed E-state index contributed by atoms with van der Waals surface area (Å²) in [6.07, 6.45) is -0.614. The summed E-state index contributed by atoms with van der Waals surface area (Å²) in [4.78, 5) is -0.0799. The van der Waals surface area contributed by atoms with Crippen molar-refractivity contribution in [1.82, 2.24) is 4.31 Å². The minimum atomic E-state index is -3.93. The van der Waals surface area contributed by atoms with Gasteiger partial charge < -0.3 is 21.7 Å². The molecule has 7 nitrogen and oxygen atoms in total. The molecule has 0 aliphatic carbocycles. The van der Waals surface area contributed by atoms with Crippen molar-refractivity contribution in [1.29, 1.82) is 0 Å². The second kappa shape index (κ2) is 9.38. The fourth-order valence-corrected chi connectivity index (χ4v) is 4.52. The van der Waals surface area contributed by atoms with Crippen molar-refractivity contribution in [2.45, 2.75) is 37.3 Å². The number of hydrogen-bond acceptors (Lipinski definition) is 6. The van der Waals surface area contributed by atoms with Gasteiger partial charge in [0.05, 0.1) is 16.7 Å². The molecule has 0 aliphatic heterocycles. The fourth-order valence-electron chi connectivity index (χ4n) is 2.88. The molecule has 0 unspecified atom stereocenters. The van der Waals surface area contributed by atoms with Gasteiger partial charge in [-0.25, -0.2) is 8.42 Å². The highest BCUT2D eigenvalue weighted by molar-refractivity contribution is 7.89. The van der Waals surface area contributed by atoms with Gasteiger partial charge in [0.25, 0.3) is 0 Å². The topological polar surface area (TPSA) is 130 Å². The van der Waals surface area contributed by atoms with Crippen LogP contribution in [-0.4, -0.2) is 48.2 Å². The summed E-state index contributed by atoms with van der Waals surface area (Å²) in [5.41, 5.74) is 12.8. The van der Waals surface area contributed by atoms with Crippen LogP contribution in [-0.2, 0) is 16.4 Å². The summed E-state index contributed by atoms with van der Waals surface area (Å²) in [5, 5.41) is 20.4. The second-order valence-electron chi connectivity index (χ2n) is 7.36. The van der Waals surface area contributed by atoms with Crippen molar-refractivity contribution in [3.8, 4) is 5.75 Å². The van der Waals surface area contributed by atoms with Crippen LogP contribution in [0, 0.1) is 5.92 Å². The molecule has 2 aromatic rings. The molecule has 154 valence electrons. The van der Waals surface area contributed by atoms with Gasteiger partial charge in [0, 0.05) is 25.2 Å².